The van der Waals surface area contributed by atoms with Crippen molar-refractivity contribution in [3.63, 3.8) is 0 Å². The molecule has 0 bridgehead atoms. The van der Waals surface area contributed by atoms with Crippen LogP contribution in [0.15, 0.2) is 60.7 Å². The molecule has 0 fully saturated rings. The maximum atomic E-state index is 12.7. The average molecular weight is 346 g/mol. The smallest absolute Gasteiger partial charge is 0.105 e. The lowest BCUT2D eigenvalue weighted by Crippen LogP contribution is -2.54. The number of hydrogen-bond acceptors (Lipinski definition) is 1. The third-order valence-electron chi connectivity index (χ3n) is 4.15. The van der Waals surface area contributed by atoms with Crippen molar-refractivity contribution < 1.29 is 4.21 Å². The second-order valence-corrected chi connectivity index (χ2v) is 14.0. The summed E-state index contributed by atoms with van der Waals surface area (Å²) in [5, 5.41) is 1.37. The highest BCUT2D eigenvalue weighted by Crippen LogP contribution is 2.26. The van der Waals surface area contributed by atoms with Crippen LogP contribution >= 0.6 is 0 Å². The molecule has 2 atom stereocenters. The maximum absolute atomic E-state index is 12.7. The van der Waals surface area contributed by atoms with E-state index in [4.69, 9.17) is 0 Å². The van der Waals surface area contributed by atoms with E-state index < -0.39 is 19.1 Å². The molecule has 0 heterocycles. The minimum Gasteiger partial charge on any atom is -0.242 e. The molecule has 0 radical (unpaired) electrons. The van der Waals surface area contributed by atoms with E-state index >= 15 is 0 Å². The van der Waals surface area contributed by atoms with E-state index in [2.05, 4.69) is 66.3 Å². The Balaban J connectivity index is 2.44. The largest absolute Gasteiger partial charge is 0.242 e. The standard InChI is InChI=1S/C19H27NOSSi/c1-19(2,3)22(21)20-18(16-12-8-6-9-13-16)23(4,5)17-14-10-7-11-15-17/h6-15,18,20H,1-5H3/t18-,22?/m1/s1. The second-order valence-electron chi connectivity index (χ2n) is 7.43. The Morgan fingerprint density at radius 3 is 1.87 bits per heavy atom. The molecule has 0 saturated heterocycles. The van der Waals surface area contributed by atoms with Crippen LogP contribution in [0.5, 0.6) is 0 Å². The molecule has 0 amide bonds. The maximum Gasteiger partial charge on any atom is 0.105 e. The highest BCUT2D eigenvalue weighted by atomic mass is 32.2. The van der Waals surface area contributed by atoms with Crippen molar-refractivity contribution in [3.05, 3.63) is 66.2 Å². The fourth-order valence-electron chi connectivity index (χ4n) is 2.60. The molecule has 124 valence electrons. The summed E-state index contributed by atoms with van der Waals surface area (Å²) in [6.45, 7) is 10.7. The van der Waals surface area contributed by atoms with E-state index in [0.717, 1.165) is 0 Å². The summed E-state index contributed by atoms with van der Waals surface area (Å²) in [5.74, 6) is 0. The van der Waals surface area contributed by atoms with Crippen LogP contribution in [0.3, 0.4) is 0 Å². The fraction of sp³-hybridized carbons (Fsp3) is 0.368. The minimum absolute atomic E-state index is 0.103. The van der Waals surface area contributed by atoms with Gasteiger partial charge in [0.15, 0.2) is 0 Å². The summed E-state index contributed by atoms with van der Waals surface area (Å²) < 4.78 is 15.9. The van der Waals surface area contributed by atoms with E-state index in [1.807, 2.05) is 32.9 Å². The van der Waals surface area contributed by atoms with Gasteiger partial charge in [-0.25, -0.2) is 8.93 Å². The Hall–Kier alpha value is -1.23. The first-order chi connectivity index (χ1) is 10.7. The van der Waals surface area contributed by atoms with Gasteiger partial charge in [-0.3, -0.25) is 0 Å². The van der Waals surface area contributed by atoms with Crippen LogP contribution in [0.25, 0.3) is 0 Å². The molecule has 0 aliphatic carbocycles. The molecule has 0 aromatic heterocycles. The first-order valence-electron chi connectivity index (χ1n) is 8.01. The lowest BCUT2D eigenvalue weighted by molar-refractivity contribution is 0.630. The Morgan fingerprint density at radius 2 is 1.39 bits per heavy atom. The molecule has 1 N–H and O–H groups in total. The van der Waals surface area contributed by atoms with Crippen LogP contribution in [-0.4, -0.2) is 17.0 Å². The summed E-state index contributed by atoms with van der Waals surface area (Å²) >= 11 is 0. The molecular formula is C19H27NOSSi. The van der Waals surface area contributed by atoms with Gasteiger partial charge in [0, 0.05) is 5.67 Å². The highest BCUT2D eigenvalue weighted by molar-refractivity contribution is 7.84. The van der Waals surface area contributed by atoms with Crippen molar-refractivity contribution in [2.24, 2.45) is 0 Å². The summed E-state index contributed by atoms with van der Waals surface area (Å²) in [6, 6.07) is 21.0. The SMILES string of the molecule is CC(C)(C)S(=O)N[C@@H](c1ccccc1)[Si](C)(C)c1ccccc1. The van der Waals surface area contributed by atoms with Crippen molar-refractivity contribution in [2.75, 3.05) is 0 Å². The van der Waals surface area contributed by atoms with Crippen molar-refractivity contribution in [2.45, 2.75) is 44.3 Å². The third-order valence-corrected chi connectivity index (χ3v) is 9.67. The van der Waals surface area contributed by atoms with Gasteiger partial charge in [-0.1, -0.05) is 78.9 Å². The molecular weight excluding hydrogens is 318 g/mol. The average Bonchev–Trinajstić information content (AvgIpc) is 2.53. The monoisotopic (exact) mass is 345 g/mol. The van der Waals surface area contributed by atoms with Crippen molar-refractivity contribution in [1.82, 2.24) is 4.72 Å². The van der Waals surface area contributed by atoms with Gasteiger partial charge in [0.25, 0.3) is 0 Å². The molecule has 0 spiro atoms. The van der Waals surface area contributed by atoms with Gasteiger partial charge in [-0.15, -0.1) is 0 Å². The normalized spacial score (nSPS) is 15.2. The van der Waals surface area contributed by atoms with Crippen LogP contribution < -0.4 is 9.91 Å². The number of rotatable bonds is 5. The molecule has 2 aromatic rings. The van der Waals surface area contributed by atoms with Crippen molar-refractivity contribution >= 4 is 24.2 Å². The van der Waals surface area contributed by atoms with Gasteiger partial charge in [-0.2, -0.15) is 0 Å². The summed E-state index contributed by atoms with van der Waals surface area (Å²) in [5.41, 5.74) is 1.32. The quantitative estimate of drug-likeness (QED) is 0.817. The first-order valence-corrected chi connectivity index (χ1v) is 12.2. The van der Waals surface area contributed by atoms with Crippen molar-refractivity contribution in [1.29, 1.82) is 0 Å². The Labute approximate surface area is 143 Å². The molecule has 4 heteroatoms. The second kappa shape index (κ2) is 7.12. The van der Waals surface area contributed by atoms with E-state index in [-0.39, 0.29) is 10.4 Å². The zero-order valence-corrected chi connectivity index (χ0v) is 16.5. The summed E-state index contributed by atoms with van der Waals surface area (Å²) in [7, 11) is -3.00. The number of nitrogens with one attached hydrogen (secondary N) is 1. The highest BCUT2D eigenvalue weighted by Gasteiger charge is 2.37. The predicted octanol–water partition coefficient (Wildman–Crippen LogP) is 3.93. The van der Waals surface area contributed by atoms with Crippen LogP contribution in [0, 0.1) is 0 Å². The van der Waals surface area contributed by atoms with E-state index in [1.165, 1.54) is 10.8 Å². The van der Waals surface area contributed by atoms with Gasteiger partial charge in [0.2, 0.25) is 0 Å². The van der Waals surface area contributed by atoms with Gasteiger partial charge >= 0.3 is 0 Å². The third kappa shape index (κ3) is 4.40. The first kappa shape index (κ1) is 18.1. The van der Waals surface area contributed by atoms with Crippen LogP contribution in [0.4, 0.5) is 0 Å². The van der Waals surface area contributed by atoms with Crippen LogP contribution in [0.1, 0.15) is 32.0 Å². The Morgan fingerprint density at radius 1 is 0.913 bits per heavy atom. The Bertz CT molecular complexity index is 650. The zero-order valence-electron chi connectivity index (χ0n) is 14.7. The van der Waals surface area contributed by atoms with Gasteiger partial charge in [-0.05, 0) is 26.3 Å². The molecule has 2 nitrogen and oxygen atoms in total. The van der Waals surface area contributed by atoms with Gasteiger partial charge < -0.3 is 0 Å². The molecule has 0 aliphatic heterocycles. The predicted molar refractivity (Wildman–Crippen MR) is 104 cm³/mol. The van der Waals surface area contributed by atoms with E-state index in [1.54, 1.807) is 0 Å². The lowest BCUT2D eigenvalue weighted by Gasteiger charge is -2.35. The summed E-state index contributed by atoms with van der Waals surface area (Å²) in [4.78, 5) is 0. The molecule has 2 rings (SSSR count). The van der Waals surface area contributed by atoms with Crippen molar-refractivity contribution in [3.8, 4) is 0 Å². The topological polar surface area (TPSA) is 29.1 Å². The Kier molecular flexibility index (Phi) is 5.60. The zero-order chi connectivity index (χ0) is 17.1. The number of benzene rings is 2. The molecule has 0 aliphatic rings. The minimum atomic E-state index is -1.90. The molecule has 1 unspecified atom stereocenters. The van der Waals surface area contributed by atoms with E-state index in [9.17, 15) is 4.21 Å². The molecule has 0 saturated carbocycles. The van der Waals surface area contributed by atoms with Crippen LogP contribution in [-0.2, 0) is 11.0 Å². The number of hydrogen-bond donors (Lipinski definition) is 1. The van der Waals surface area contributed by atoms with Crippen LogP contribution in [0.2, 0.25) is 13.1 Å². The lowest BCUT2D eigenvalue weighted by atomic mass is 10.2. The van der Waals surface area contributed by atoms with E-state index in [0.29, 0.717) is 0 Å². The molecule has 23 heavy (non-hydrogen) atoms. The fourth-order valence-corrected chi connectivity index (χ4v) is 7.21. The van der Waals surface area contributed by atoms with Gasteiger partial charge in [0.1, 0.15) is 8.07 Å². The summed E-state index contributed by atoms with van der Waals surface area (Å²) in [6.07, 6.45) is 0. The molecule has 2 aromatic carbocycles. The van der Waals surface area contributed by atoms with Gasteiger partial charge in [0.05, 0.1) is 15.7 Å².